The highest BCUT2D eigenvalue weighted by atomic mass is 16.8. The van der Waals surface area contributed by atoms with Gasteiger partial charge >= 0.3 is 0 Å². The maximum Gasteiger partial charge on any atom is 0.189 e. The van der Waals surface area contributed by atoms with Crippen LogP contribution < -0.4 is 34.0 Å². The Morgan fingerprint density at radius 2 is 1.44 bits per heavy atom. The van der Waals surface area contributed by atoms with Gasteiger partial charge in [-0.2, -0.15) is 0 Å². The summed E-state index contributed by atoms with van der Waals surface area (Å²) < 4.78 is 29.6. The van der Waals surface area contributed by atoms with Gasteiger partial charge in [-0.3, -0.25) is 0 Å². The number of nitrogens with one attached hydrogen (secondary N) is 1. The van der Waals surface area contributed by atoms with Gasteiger partial charge in [-0.05, 0) is 26.3 Å². The Kier molecular flexibility index (Phi) is 9.19. The van der Waals surface area contributed by atoms with Gasteiger partial charge in [0, 0.05) is 18.1 Å². The van der Waals surface area contributed by atoms with E-state index in [1.54, 1.807) is 7.05 Å². The second-order valence-electron chi connectivity index (χ2n) is 10.3. The first kappa shape index (κ1) is 28.4. The smallest absolute Gasteiger partial charge is 0.189 e. The Balaban J connectivity index is 1.43. The molecule has 0 amide bonds. The minimum absolute atomic E-state index is 0.0989. The van der Waals surface area contributed by atoms with Crippen LogP contribution in [-0.4, -0.2) is 132 Å². The molecule has 15 nitrogen and oxygen atoms in total. The fourth-order valence-electron chi connectivity index (χ4n) is 5.57. The Bertz CT molecular complexity index is 713. The second-order valence-corrected chi connectivity index (χ2v) is 10.3. The number of nitrogens with two attached hydrogens (primary N) is 5. The predicted octanol–water partition coefficient (Wildman–Crippen LogP) is -5.95. The van der Waals surface area contributed by atoms with Crippen molar-refractivity contribution < 1.29 is 44.1 Å². The zero-order valence-electron chi connectivity index (χ0n) is 20.3. The SMILES string of the molecule is CNC1C(O[C@H]2OC(CO)[C@@H](N)[C@H](O)C2O)O[C@H]2CC(N)[C@@H](O[C@@H]3C(N)C[C@@H](N)C[C@H]3N)OC2C1O. The lowest BCUT2D eigenvalue weighted by Crippen LogP contribution is -2.70. The third-order valence-electron chi connectivity index (χ3n) is 7.65. The molecule has 3 saturated heterocycles. The van der Waals surface area contributed by atoms with Gasteiger partial charge in [-0.15, -0.1) is 0 Å². The van der Waals surface area contributed by atoms with Crippen molar-refractivity contribution in [3.05, 3.63) is 0 Å². The molecule has 0 aromatic heterocycles. The lowest BCUT2D eigenvalue weighted by Gasteiger charge is -2.51. The zero-order valence-corrected chi connectivity index (χ0v) is 20.3. The van der Waals surface area contributed by atoms with Gasteiger partial charge in [0.25, 0.3) is 0 Å². The van der Waals surface area contributed by atoms with Crippen LogP contribution in [0.25, 0.3) is 0 Å². The average Bonchev–Trinajstić information content (AvgIpc) is 2.82. The van der Waals surface area contributed by atoms with Crippen molar-refractivity contribution in [2.45, 2.75) is 117 Å². The van der Waals surface area contributed by atoms with E-state index >= 15 is 0 Å². The van der Waals surface area contributed by atoms with E-state index in [2.05, 4.69) is 5.32 Å². The molecular weight excluding hydrogens is 480 g/mol. The Hall–Kier alpha value is -0.600. The molecule has 4 rings (SSSR count). The summed E-state index contributed by atoms with van der Waals surface area (Å²) in [5.41, 5.74) is 30.6. The van der Waals surface area contributed by atoms with Crippen molar-refractivity contribution in [3.8, 4) is 0 Å². The molecule has 15 heteroatoms. The van der Waals surface area contributed by atoms with E-state index in [-0.39, 0.29) is 24.5 Å². The number of likely N-dealkylation sites (N-methyl/N-ethyl adjacent to an activating group) is 1. The molecule has 0 aromatic carbocycles. The number of hydrogen-bond acceptors (Lipinski definition) is 15. The van der Waals surface area contributed by atoms with E-state index in [1.165, 1.54) is 0 Å². The van der Waals surface area contributed by atoms with Crippen LogP contribution >= 0.6 is 0 Å². The van der Waals surface area contributed by atoms with Crippen LogP contribution in [0.4, 0.5) is 0 Å². The summed E-state index contributed by atoms with van der Waals surface area (Å²) in [5.74, 6) is 0. The molecular formula is C21H42N6O9. The predicted molar refractivity (Wildman–Crippen MR) is 124 cm³/mol. The second kappa shape index (κ2) is 11.6. The van der Waals surface area contributed by atoms with Crippen molar-refractivity contribution in [1.82, 2.24) is 5.32 Å². The highest BCUT2D eigenvalue weighted by Gasteiger charge is 2.53. The summed E-state index contributed by atoms with van der Waals surface area (Å²) in [6.07, 6.45) is -8.93. The van der Waals surface area contributed by atoms with Gasteiger partial charge in [0.1, 0.15) is 30.5 Å². The first-order valence-electron chi connectivity index (χ1n) is 12.4. The minimum atomic E-state index is -1.50. The lowest BCUT2D eigenvalue weighted by molar-refractivity contribution is -0.371. The number of aliphatic hydroxyl groups is 4. The quantitative estimate of drug-likeness (QED) is 0.155. The molecule has 16 atom stereocenters. The third kappa shape index (κ3) is 5.56. The molecule has 1 aliphatic carbocycles. The highest BCUT2D eigenvalue weighted by Crippen LogP contribution is 2.35. The molecule has 15 N–H and O–H groups in total. The van der Waals surface area contributed by atoms with Crippen LogP contribution in [-0.2, 0) is 23.7 Å². The maximum absolute atomic E-state index is 11.1. The van der Waals surface area contributed by atoms with Crippen LogP contribution in [0.3, 0.4) is 0 Å². The topological polar surface area (TPSA) is 269 Å². The number of ether oxygens (including phenoxy) is 5. The van der Waals surface area contributed by atoms with E-state index in [0.29, 0.717) is 12.8 Å². The van der Waals surface area contributed by atoms with Crippen molar-refractivity contribution in [3.63, 3.8) is 0 Å². The first-order chi connectivity index (χ1) is 17.0. The van der Waals surface area contributed by atoms with Crippen LogP contribution in [0.1, 0.15) is 19.3 Å². The fraction of sp³-hybridized carbons (Fsp3) is 1.00. The summed E-state index contributed by atoms with van der Waals surface area (Å²) in [6.45, 7) is -0.483. The fourth-order valence-corrected chi connectivity index (χ4v) is 5.57. The summed E-state index contributed by atoms with van der Waals surface area (Å²) in [5, 5.41) is 44.2. The molecule has 3 heterocycles. The van der Waals surface area contributed by atoms with E-state index in [1.807, 2.05) is 0 Å². The van der Waals surface area contributed by atoms with Crippen LogP contribution in [0.15, 0.2) is 0 Å². The van der Waals surface area contributed by atoms with Gasteiger partial charge in [-0.25, -0.2) is 0 Å². The van der Waals surface area contributed by atoms with E-state index in [4.69, 9.17) is 52.4 Å². The Morgan fingerprint density at radius 3 is 2.06 bits per heavy atom. The third-order valence-corrected chi connectivity index (χ3v) is 7.65. The van der Waals surface area contributed by atoms with Gasteiger partial charge < -0.3 is 78.1 Å². The Labute approximate surface area is 209 Å². The van der Waals surface area contributed by atoms with E-state index < -0.39 is 86.3 Å². The number of aliphatic hydroxyl groups excluding tert-OH is 4. The molecule has 0 spiro atoms. The highest BCUT2D eigenvalue weighted by molar-refractivity contribution is 5.01. The molecule has 210 valence electrons. The van der Waals surface area contributed by atoms with Gasteiger partial charge in [0.05, 0.1) is 36.9 Å². The zero-order chi connectivity index (χ0) is 26.3. The van der Waals surface area contributed by atoms with Crippen molar-refractivity contribution in [2.24, 2.45) is 28.7 Å². The van der Waals surface area contributed by atoms with Crippen LogP contribution in [0, 0.1) is 0 Å². The van der Waals surface area contributed by atoms with E-state index in [0.717, 1.165) is 0 Å². The van der Waals surface area contributed by atoms with Gasteiger partial charge in [-0.1, -0.05) is 0 Å². The molecule has 1 saturated carbocycles. The number of hydrogen-bond donors (Lipinski definition) is 10. The van der Waals surface area contributed by atoms with Gasteiger partial charge in [0.2, 0.25) is 0 Å². The molecule has 8 unspecified atom stereocenters. The molecule has 4 aliphatic rings. The van der Waals surface area contributed by atoms with Crippen LogP contribution in [0.2, 0.25) is 0 Å². The molecule has 4 fully saturated rings. The van der Waals surface area contributed by atoms with Gasteiger partial charge in [0.15, 0.2) is 18.9 Å². The first-order valence-corrected chi connectivity index (χ1v) is 12.4. The summed E-state index contributed by atoms with van der Waals surface area (Å²) in [4.78, 5) is 0. The Morgan fingerprint density at radius 1 is 0.778 bits per heavy atom. The van der Waals surface area contributed by atoms with E-state index in [9.17, 15) is 20.4 Å². The van der Waals surface area contributed by atoms with Crippen molar-refractivity contribution >= 4 is 0 Å². The largest absolute Gasteiger partial charge is 0.394 e. The summed E-state index contributed by atoms with van der Waals surface area (Å²) in [7, 11) is 1.60. The van der Waals surface area contributed by atoms with Crippen LogP contribution in [0.5, 0.6) is 0 Å². The molecule has 36 heavy (non-hydrogen) atoms. The molecule has 0 aromatic rings. The standard InChI is InChI=1S/C21H42N6O9/c1-27-13-15(30)18-10(32-20(13)36-21-16(31)14(29)12(26)11(5-28)33-21)4-9(25)19(35-18)34-17-7(23)2-6(22)3-8(17)24/h6-21,27-31H,2-5,22-26H2,1H3/t6-,7+,8?,9?,10-,11?,12+,13?,14-,15?,16?,17-,18?,19-,20?,21+/m0/s1. The van der Waals surface area contributed by atoms with Crippen molar-refractivity contribution in [1.29, 1.82) is 0 Å². The number of rotatable bonds is 6. The number of fused-ring (bicyclic) bond motifs is 1. The molecule has 0 radical (unpaired) electrons. The molecule has 3 aliphatic heterocycles. The normalized spacial score (nSPS) is 54.2. The van der Waals surface area contributed by atoms with Crippen molar-refractivity contribution in [2.75, 3.05) is 13.7 Å². The minimum Gasteiger partial charge on any atom is -0.394 e. The monoisotopic (exact) mass is 522 g/mol. The molecule has 0 bridgehead atoms. The summed E-state index contributed by atoms with van der Waals surface area (Å²) in [6, 6.07) is -3.28. The lowest BCUT2D eigenvalue weighted by atomic mass is 9.85. The average molecular weight is 523 g/mol. The summed E-state index contributed by atoms with van der Waals surface area (Å²) >= 11 is 0. The maximum atomic E-state index is 11.1.